The Morgan fingerprint density at radius 3 is 2.52 bits per heavy atom. The lowest BCUT2D eigenvalue weighted by Gasteiger charge is -2.06. The first-order chi connectivity index (χ1) is 12.1. The fourth-order valence-corrected chi connectivity index (χ4v) is 3.46. The standard InChI is InChI=1S/C18H15BrN2O3S/c1-23-13-6-3-11(4-7-13)15-10-25-18(20-15)21-17(22)12-5-8-16(24-2)14(19)9-12/h3-10H,1-2H3,(H,20,21,22). The summed E-state index contributed by atoms with van der Waals surface area (Å²) in [4.78, 5) is 16.8. The number of benzene rings is 2. The fraction of sp³-hybridized carbons (Fsp3) is 0.111. The van der Waals surface area contributed by atoms with Gasteiger partial charge in [-0.1, -0.05) is 0 Å². The monoisotopic (exact) mass is 418 g/mol. The number of thiazole rings is 1. The van der Waals surface area contributed by atoms with Crippen LogP contribution in [0.25, 0.3) is 11.3 Å². The summed E-state index contributed by atoms with van der Waals surface area (Å²) in [6.07, 6.45) is 0. The number of carbonyl (C=O) groups is 1. The zero-order valence-electron chi connectivity index (χ0n) is 13.6. The molecule has 7 heteroatoms. The second-order valence-corrected chi connectivity index (χ2v) is 6.78. The number of methoxy groups -OCH3 is 2. The minimum absolute atomic E-state index is 0.223. The van der Waals surface area contributed by atoms with Crippen LogP contribution >= 0.6 is 27.3 Å². The predicted octanol–water partition coefficient (Wildman–Crippen LogP) is 4.84. The van der Waals surface area contributed by atoms with Crippen molar-refractivity contribution in [2.24, 2.45) is 0 Å². The van der Waals surface area contributed by atoms with Gasteiger partial charge < -0.3 is 9.47 Å². The number of rotatable bonds is 5. The van der Waals surface area contributed by atoms with Gasteiger partial charge in [-0.15, -0.1) is 11.3 Å². The summed E-state index contributed by atoms with van der Waals surface area (Å²) in [5, 5.41) is 5.27. The molecule has 0 atom stereocenters. The summed E-state index contributed by atoms with van der Waals surface area (Å²) < 4.78 is 11.0. The van der Waals surface area contributed by atoms with Crippen molar-refractivity contribution in [2.45, 2.75) is 0 Å². The number of ether oxygens (including phenoxy) is 2. The number of anilines is 1. The number of amides is 1. The first-order valence-electron chi connectivity index (χ1n) is 7.35. The van der Waals surface area contributed by atoms with E-state index in [1.54, 1.807) is 32.4 Å². The van der Waals surface area contributed by atoms with Crippen LogP contribution in [0, 0.1) is 0 Å². The van der Waals surface area contributed by atoms with Crippen molar-refractivity contribution in [3.05, 3.63) is 57.9 Å². The molecule has 0 saturated heterocycles. The van der Waals surface area contributed by atoms with E-state index in [1.165, 1.54) is 11.3 Å². The topological polar surface area (TPSA) is 60.5 Å². The van der Waals surface area contributed by atoms with Crippen LogP contribution in [0.4, 0.5) is 5.13 Å². The van der Waals surface area contributed by atoms with Crippen molar-refractivity contribution in [1.82, 2.24) is 4.98 Å². The summed E-state index contributed by atoms with van der Waals surface area (Å²) in [5.41, 5.74) is 2.29. The van der Waals surface area contributed by atoms with Crippen molar-refractivity contribution < 1.29 is 14.3 Å². The molecule has 0 radical (unpaired) electrons. The lowest BCUT2D eigenvalue weighted by atomic mass is 10.2. The molecule has 1 N–H and O–H groups in total. The van der Waals surface area contributed by atoms with Crippen LogP contribution in [-0.2, 0) is 0 Å². The highest BCUT2D eigenvalue weighted by Crippen LogP contribution is 2.28. The summed E-state index contributed by atoms with van der Waals surface area (Å²) in [6, 6.07) is 12.8. The van der Waals surface area contributed by atoms with E-state index >= 15 is 0 Å². The number of hydrogen-bond donors (Lipinski definition) is 1. The van der Waals surface area contributed by atoms with Gasteiger partial charge >= 0.3 is 0 Å². The zero-order valence-corrected chi connectivity index (χ0v) is 16.0. The third kappa shape index (κ3) is 4.00. The summed E-state index contributed by atoms with van der Waals surface area (Å²) >= 11 is 4.76. The number of halogens is 1. The largest absolute Gasteiger partial charge is 0.497 e. The Hall–Kier alpha value is -2.38. The van der Waals surface area contributed by atoms with Crippen LogP contribution in [0.5, 0.6) is 11.5 Å². The molecule has 0 spiro atoms. The maximum absolute atomic E-state index is 12.4. The second-order valence-electron chi connectivity index (χ2n) is 5.07. The van der Waals surface area contributed by atoms with E-state index in [4.69, 9.17) is 9.47 Å². The second kappa shape index (κ2) is 7.67. The van der Waals surface area contributed by atoms with E-state index in [9.17, 15) is 4.79 Å². The molecule has 0 unspecified atom stereocenters. The zero-order chi connectivity index (χ0) is 17.8. The molecule has 1 heterocycles. The van der Waals surface area contributed by atoms with Gasteiger partial charge in [0.15, 0.2) is 5.13 Å². The van der Waals surface area contributed by atoms with Gasteiger partial charge in [0.25, 0.3) is 5.91 Å². The minimum Gasteiger partial charge on any atom is -0.497 e. The summed E-state index contributed by atoms with van der Waals surface area (Å²) in [5.74, 6) is 1.24. The van der Waals surface area contributed by atoms with E-state index in [-0.39, 0.29) is 5.91 Å². The van der Waals surface area contributed by atoms with E-state index in [2.05, 4.69) is 26.2 Å². The molecule has 0 aliphatic rings. The summed E-state index contributed by atoms with van der Waals surface area (Å²) in [6.45, 7) is 0. The fourth-order valence-electron chi connectivity index (χ4n) is 2.20. The van der Waals surface area contributed by atoms with Crippen LogP contribution in [-0.4, -0.2) is 25.1 Å². The molecule has 3 aromatic rings. The number of aromatic nitrogens is 1. The Labute approximate surface area is 157 Å². The van der Waals surface area contributed by atoms with Crippen LogP contribution in [0.15, 0.2) is 52.3 Å². The molecule has 25 heavy (non-hydrogen) atoms. The number of carbonyl (C=O) groups excluding carboxylic acids is 1. The minimum atomic E-state index is -0.223. The van der Waals surface area contributed by atoms with E-state index < -0.39 is 0 Å². The molecule has 128 valence electrons. The normalized spacial score (nSPS) is 10.4. The average Bonchev–Trinajstić information content (AvgIpc) is 3.10. The van der Waals surface area contributed by atoms with E-state index in [1.807, 2.05) is 29.6 Å². The van der Waals surface area contributed by atoms with Crippen LogP contribution < -0.4 is 14.8 Å². The Morgan fingerprint density at radius 1 is 1.12 bits per heavy atom. The Kier molecular flexibility index (Phi) is 5.35. The first kappa shape index (κ1) is 17.4. The van der Waals surface area contributed by atoms with Crippen molar-refractivity contribution >= 4 is 38.3 Å². The van der Waals surface area contributed by atoms with Crippen molar-refractivity contribution in [2.75, 3.05) is 19.5 Å². The first-order valence-corrected chi connectivity index (χ1v) is 9.03. The van der Waals surface area contributed by atoms with Crippen molar-refractivity contribution in [1.29, 1.82) is 0 Å². The van der Waals surface area contributed by atoms with E-state index in [0.29, 0.717) is 16.4 Å². The lowest BCUT2D eigenvalue weighted by Crippen LogP contribution is -2.11. The highest BCUT2D eigenvalue weighted by molar-refractivity contribution is 9.10. The molecule has 2 aromatic carbocycles. The lowest BCUT2D eigenvalue weighted by molar-refractivity contribution is 0.102. The van der Waals surface area contributed by atoms with Crippen LogP contribution in [0.1, 0.15) is 10.4 Å². The van der Waals surface area contributed by atoms with Gasteiger partial charge in [0, 0.05) is 16.5 Å². The Balaban J connectivity index is 1.74. The van der Waals surface area contributed by atoms with Gasteiger partial charge in [-0.3, -0.25) is 10.1 Å². The van der Waals surface area contributed by atoms with E-state index in [0.717, 1.165) is 21.5 Å². The number of hydrogen-bond acceptors (Lipinski definition) is 5. The van der Waals surface area contributed by atoms with Gasteiger partial charge in [0.05, 0.1) is 24.4 Å². The molecule has 0 aliphatic heterocycles. The van der Waals surface area contributed by atoms with Crippen molar-refractivity contribution in [3.8, 4) is 22.8 Å². The Morgan fingerprint density at radius 2 is 1.88 bits per heavy atom. The van der Waals surface area contributed by atoms with Gasteiger partial charge in [-0.25, -0.2) is 4.98 Å². The molecule has 5 nitrogen and oxygen atoms in total. The quantitative estimate of drug-likeness (QED) is 0.643. The highest BCUT2D eigenvalue weighted by Gasteiger charge is 2.12. The third-order valence-electron chi connectivity index (χ3n) is 3.52. The third-order valence-corrected chi connectivity index (χ3v) is 4.90. The molecule has 1 aromatic heterocycles. The predicted molar refractivity (Wildman–Crippen MR) is 103 cm³/mol. The molecule has 0 bridgehead atoms. The highest BCUT2D eigenvalue weighted by atomic mass is 79.9. The molecule has 0 saturated carbocycles. The molecule has 1 amide bonds. The van der Waals surface area contributed by atoms with Crippen LogP contribution in [0.2, 0.25) is 0 Å². The smallest absolute Gasteiger partial charge is 0.257 e. The number of nitrogens with one attached hydrogen (secondary N) is 1. The molecule has 0 aliphatic carbocycles. The molecule has 3 rings (SSSR count). The maximum atomic E-state index is 12.4. The molecular formula is C18H15BrN2O3S. The summed E-state index contributed by atoms with van der Waals surface area (Å²) in [7, 11) is 3.21. The van der Waals surface area contributed by atoms with Gasteiger partial charge in [0.2, 0.25) is 0 Å². The van der Waals surface area contributed by atoms with Gasteiger partial charge in [-0.05, 0) is 58.4 Å². The van der Waals surface area contributed by atoms with Crippen LogP contribution in [0.3, 0.4) is 0 Å². The molecule has 0 fully saturated rings. The average molecular weight is 419 g/mol. The Bertz CT molecular complexity index is 894. The van der Waals surface area contributed by atoms with Gasteiger partial charge in [0.1, 0.15) is 11.5 Å². The SMILES string of the molecule is COc1ccc(-c2csc(NC(=O)c3ccc(OC)c(Br)c3)n2)cc1. The molecular weight excluding hydrogens is 404 g/mol. The number of nitrogens with zero attached hydrogens (tertiary/aromatic N) is 1. The van der Waals surface area contributed by atoms with Gasteiger partial charge in [-0.2, -0.15) is 0 Å². The van der Waals surface area contributed by atoms with Crippen molar-refractivity contribution in [3.63, 3.8) is 0 Å². The maximum Gasteiger partial charge on any atom is 0.257 e.